The van der Waals surface area contributed by atoms with E-state index in [1.54, 1.807) is 11.8 Å². The number of aliphatic hydroxyl groups excluding tert-OH is 1. The average molecular weight is 260 g/mol. The fraction of sp³-hybridized carbons (Fsp3) is 0.917. The summed E-state index contributed by atoms with van der Waals surface area (Å²) < 4.78 is 0. The van der Waals surface area contributed by atoms with Gasteiger partial charge >= 0.3 is 0 Å². The molecular weight excluding hydrogens is 236 g/mol. The summed E-state index contributed by atoms with van der Waals surface area (Å²) in [6, 6.07) is 0.126. The van der Waals surface area contributed by atoms with E-state index in [0.717, 1.165) is 32.4 Å². The number of hydrogen-bond donors (Lipinski definition) is 3. The lowest BCUT2D eigenvalue weighted by atomic mass is 10.1. The second-order valence-electron chi connectivity index (χ2n) is 4.45. The molecule has 0 bridgehead atoms. The number of piperidine rings is 1. The summed E-state index contributed by atoms with van der Waals surface area (Å²) in [7, 11) is 0. The highest BCUT2D eigenvalue weighted by Crippen LogP contribution is 2.19. The van der Waals surface area contributed by atoms with Crippen LogP contribution < -0.4 is 10.6 Å². The van der Waals surface area contributed by atoms with Crippen LogP contribution in [0.5, 0.6) is 0 Å². The largest absolute Gasteiger partial charge is 0.396 e. The van der Waals surface area contributed by atoms with Gasteiger partial charge in [0.2, 0.25) is 5.91 Å². The van der Waals surface area contributed by atoms with Gasteiger partial charge in [-0.3, -0.25) is 4.79 Å². The molecule has 4 nitrogen and oxygen atoms in total. The van der Waals surface area contributed by atoms with Crippen molar-refractivity contribution in [1.82, 2.24) is 10.6 Å². The normalized spacial score (nSPS) is 18.9. The lowest BCUT2D eigenvalue weighted by Gasteiger charge is -2.22. The Balaban J connectivity index is 2.14. The highest BCUT2D eigenvalue weighted by Gasteiger charge is 2.16. The van der Waals surface area contributed by atoms with Crippen LogP contribution in [0, 0.1) is 0 Å². The Morgan fingerprint density at radius 2 is 2.24 bits per heavy atom. The van der Waals surface area contributed by atoms with E-state index in [-0.39, 0.29) is 18.6 Å². The van der Waals surface area contributed by atoms with E-state index in [9.17, 15) is 4.79 Å². The average Bonchev–Trinajstić information content (AvgIpc) is 2.37. The summed E-state index contributed by atoms with van der Waals surface area (Å²) in [4.78, 5) is 11.7. The van der Waals surface area contributed by atoms with Crippen LogP contribution in [0.1, 0.15) is 32.6 Å². The van der Waals surface area contributed by atoms with Crippen molar-refractivity contribution in [3.8, 4) is 0 Å². The van der Waals surface area contributed by atoms with Gasteiger partial charge in [0.15, 0.2) is 0 Å². The fourth-order valence-electron chi connectivity index (χ4n) is 1.96. The highest BCUT2D eigenvalue weighted by molar-refractivity contribution is 8.00. The van der Waals surface area contributed by atoms with Crippen molar-refractivity contribution < 1.29 is 9.90 Å². The molecule has 1 unspecified atom stereocenters. The number of amides is 1. The summed E-state index contributed by atoms with van der Waals surface area (Å²) in [5, 5.41) is 15.8. The van der Waals surface area contributed by atoms with Crippen molar-refractivity contribution in [3.63, 3.8) is 0 Å². The van der Waals surface area contributed by atoms with Crippen molar-refractivity contribution in [2.24, 2.45) is 0 Å². The first-order valence-electron chi connectivity index (χ1n) is 6.48. The molecule has 0 spiro atoms. The van der Waals surface area contributed by atoms with Crippen molar-refractivity contribution in [3.05, 3.63) is 0 Å². The van der Waals surface area contributed by atoms with Gasteiger partial charge in [0.25, 0.3) is 0 Å². The Labute approximate surface area is 108 Å². The third-order valence-corrected chi connectivity index (χ3v) is 4.44. The number of thioether (sulfide) groups is 1. The Kier molecular flexibility index (Phi) is 7.64. The predicted molar refractivity (Wildman–Crippen MR) is 72.3 cm³/mol. The molecule has 1 rings (SSSR count). The summed E-state index contributed by atoms with van der Waals surface area (Å²) in [6.45, 7) is 4.31. The molecule has 1 aliphatic rings. The highest BCUT2D eigenvalue weighted by atomic mass is 32.2. The summed E-state index contributed by atoms with van der Waals surface area (Å²) in [5.74, 6) is 0.654. The number of hydrogen-bond acceptors (Lipinski definition) is 4. The van der Waals surface area contributed by atoms with Crippen LogP contribution in [0.25, 0.3) is 0 Å². The molecule has 1 saturated heterocycles. The zero-order chi connectivity index (χ0) is 12.5. The molecule has 0 radical (unpaired) electrons. The Morgan fingerprint density at radius 3 is 2.82 bits per heavy atom. The molecule has 1 amide bonds. The van der Waals surface area contributed by atoms with E-state index in [4.69, 9.17) is 5.11 Å². The Hall–Kier alpha value is -0.260. The minimum Gasteiger partial charge on any atom is -0.396 e. The smallest absolute Gasteiger partial charge is 0.230 e. The minimum atomic E-state index is 0.105. The second kappa shape index (κ2) is 8.78. The monoisotopic (exact) mass is 260 g/mol. The summed E-state index contributed by atoms with van der Waals surface area (Å²) >= 11 is 1.76. The molecule has 5 heteroatoms. The van der Waals surface area contributed by atoms with Gasteiger partial charge in [0.1, 0.15) is 0 Å². The first-order chi connectivity index (χ1) is 8.26. The molecule has 0 saturated carbocycles. The summed E-state index contributed by atoms with van der Waals surface area (Å²) in [5.41, 5.74) is 0. The van der Waals surface area contributed by atoms with Gasteiger partial charge in [-0.2, -0.15) is 0 Å². The molecule has 0 aromatic heterocycles. The topological polar surface area (TPSA) is 61.4 Å². The first kappa shape index (κ1) is 14.8. The van der Waals surface area contributed by atoms with E-state index < -0.39 is 0 Å². The quantitative estimate of drug-likeness (QED) is 0.632. The molecule has 0 aromatic carbocycles. The molecule has 17 heavy (non-hydrogen) atoms. The number of rotatable bonds is 7. The third-order valence-electron chi connectivity index (χ3n) is 3.07. The standard InChI is InChI=1S/C12H24N2O2S/c1-2-10(5-8-15)14-12(16)9-17-11-3-6-13-7-4-11/h10-11,13,15H,2-9H2,1H3,(H,14,16). The minimum absolute atomic E-state index is 0.105. The van der Waals surface area contributed by atoms with Gasteiger partial charge in [-0.15, -0.1) is 11.8 Å². The molecule has 0 aliphatic carbocycles. The number of carbonyl (C=O) groups excluding carboxylic acids is 1. The molecule has 3 N–H and O–H groups in total. The molecule has 1 aliphatic heterocycles. The number of aliphatic hydroxyl groups is 1. The maximum Gasteiger partial charge on any atom is 0.230 e. The van der Waals surface area contributed by atoms with Gasteiger partial charge in [-0.1, -0.05) is 6.92 Å². The third kappa shape index (κ3) is 6.29. The summed E-state index contributed by atoms with van der Waals surface area (Å²) in [6.07, 6.45) is 3.85. The lowest BCUT2D eigenvalue weighted by Crippen LogP contribution is -2.37. The molecule has 1 atom stereocenters. The van der Waals surface area contributed by atoms with Crippen LogP contribution in [-0.2, 0) is 4.79 Å². The van der Waals surface area contributed by atoms with Gasteiger partial charge in [-0.05, 0) is 38.8 Å². The lowest BCUT2D eigenvalue weighted by molar-refractivity contribution is -0.119. The first-order valence-corrected chi connectivity index (χ1v) is 7.53. The molecular formula is C12H24N2O2S. The predicted octanol–water partition coefficient (Wildman–Crippen LogP) is 0.749. The zero-order valence-electron chi connectivity index (χ0n) is 10.6. The van der Waals surface area contributed by atoms with Gasteiger partial charge < -0.3 is 15.7 Å². The Bertz CT molecular complexity index is 221. The van der Waals surface area contributed by atoms with Crippen LogP contribution in [0.4, 0.5) is 0 Å². The second-order valence-corrected chi connectivity index (χ2v) is 5.73. The maximum absolute atomic E-state index is 11.7. The molecule has 0 aromatic rings. The van der Waals surface area contributed by atoms with Gasteiger partial charge in [0, 0.05) is 17.9 Å². The van der Waals surface area contributed by atoms with Crippen molar-refractivity contribution in [1.29, 1.82) is 0 Å². The Morgan fingerprint density at radius 1 is 1.53 bits per heavy atom. The van der Waals surface area contributed by atoms with E-state index >= 15 is 0 Å². The SMILES string of the molecule is CCC(CCO)NC(=O)CSC1CCNCC1. The van der Waals surface area contributed by atoms with Crippen LogP contribution in [0.15, 0.2) is 0 Å². The van der Waals surface area contributed by atoms with E-state index in [2.05, 4.69) is 10.6 Å². The zero-order valence-corrected chi connectivity index (χ0v) is 11.4. The van der Waals surface area contributed by atoms with Crippen LogP contribution >= 0.6 is 11.8 Å². The maximum atomic E-state index is 11.7. The molecule has 1 fully saturated rings. The van der Waals surface area contributed by atoms with Crippen LogP contribution in [-0.4, -0.2) is 47.8 Å². The van der Waals surface area contributed by atoms with Crippen molar-refractivity contribution in [2.45, 2.75) is 43.9 Å². The van der Waals surface area contributed by atoms with Crippen molar-refractivity contribution >= 4 is 17.7 Å². The van der Waals surface area contributed by atoms with Crippen LogP contribution in [0.2, 0.25) is 0 Å². The van der Waals surface area contributed by atoms with Gasteiger partial charge in [-0.25, -0.2) is 0 Å². The fourth-order valence-corrected chi connectivity index (χ4v) is 3.00. The number of carbonyl (C=O) groups is 1. The molecule has 100 valence electrons. The van der Waals surface area contributed by atoms with E-state index in [1.807, 2.05) is 6.92 Å². The van der Waals surface area contributed by atoms with Gasteiger partial charge in [0.05, 0.1) is 5.75 Å². The van der Waals surface area contributed by atoms with E-state index in [1.165, 1.54) is 0 Å². The van der Waals surface area contributed by atoms with Crippen molar-refractivity contribution in [2.75, 3.05) is 25.4 Å². The van der Waals surface area contributed by atoms with Crippen LogP contribution in [0.3, 0.4) is 0 Å². The molecule has 1 heterocycles. The van der Waals surface area contributed by atoms with E-state index in [0.29, 0.717) is 17.4 Å². The number of nitrogens with one attached hydrogen (secondary N) is 2.